The van der Waals surface area contributed by atoms with Crippen LogP contribution in [-0.4, -0.2) is 60.5 Å². The molecule has 0 radical (unpaired) electrons. The second-order valence-corrected chi connectivity index (χ2v) is 10.3. The van der Waals surface area contributed by atoms with Crippen LogP contribution in [0.1, 0.15) is 25.0 Å². The third kappa shape index (κ3) is 6.50. The second kappa shape index (κ2) is 10.3. The number of hydrogen-bond acceptors (Lipinski definition) is 5. The van der Waals surface area contributed by atoms with E-state index in [0.29, 0.717) is 24.1 Å². The molecule has 1 heterocycles. The first-order valence-corrected chi connectivity index (χ1v) is 12.6. The van der Waals surface area contributed by atoms with E-state index in [0.717, 1.165) is 5.56 Å². The largest absolute Gasteiger partial charge is 0.483 e. The Morgan fingerprint density at radius 3 is 2.50 bits per heavy atom. The summed E-state index contributed by atoms with van der Waals surface area (Å²) in [6, 6.07) is 11.3. The van der Waals surface area contributed by atoms with Crippen LogP contribution in [0.3, 0.4) is 0 Å². The molecule has 7 nitrogen and oxygen atoms in total. The minimum absolute atomic E-state index is 0.0532. The van der Waals surface area contributed by atoms with Crippen molar-refractivity contribution in [1.82, 2.24) is 9.80 Å². The van der Waals surface area contributed by atoms with Crippen LogP contribution in [0.15, 0.2) is 46.9 Å². The van der Waals surface area contributed by atoms with Crippen LogP contribution >= 0.6 is 15.9 Å². The molecule has 0 aromatic heterocycles. The molecule has 0 saturated carbocycles. The van der Waals surface area contributed by atoms with Gasteiger partial charge in [0, 0.05) is 41.8 Å². The summed E-state index contributed by atoms with van der Waals surface area (Å²) in [6.07, 6.45) is 0. The molecule has 0 unspecified atom stereocenters. The summed E-state index contributed by atoms with van der Waals surface area (Å²) < 4.78 is 51.1. The number of piperazine rings is 1. The van der Waals surface area contributed by atoms with Crippen LogP contribution in [0, 0.1) is 5.82 Å². The quantitative estimate of drug-likeness (QED) is 0.553. The molecule has 2 atom stereocenters. The first kappa shape index (κ1) is 24.6. The van der Waals surface area contributed by atoms with E-state index in [1.807, 2.05) is 13.8 Å². The minimum Gasteiger partial charge on any atom is -0.483 e. The van der Waals surface area contributed by atoms with Gasteiger partial charge in [0.25, 0.3) is 16.0 Å². The van der Waals surface area contributed by atoms with Gasteiger partial charge < -0.3 is 9.64 Å². The zero-order valence-corrected chi connectivity index (χ0v) is 20.3. The van der Waals surface area contributed by atoms with E-state index in [9.17, 15) is 22.2 Å². The summed E-state index contributed by atoms with van der Waals surface area (Å²) >= 11 is 3.26. The Morgan fingerprint density at radius 2 is 1.84 bits per heavy atom. The molecular weight excluding hydrogens is 503 g/mol. The fourth-order valence-electron chi connectivity index (χ4n) is 3.81. The highest BCUT2D eigenvalue weighted by Gasteiger charge is 2.32. The smallest absolute Gasteiger partial charge is 0.269 e. The summed E-state index contributed by atoms with van der Waals surface area (Å²) in [4.78, 5) is 16.9. The number of amides is 1. The van der Waals surface area contributed by atoms with Crippen molar-refractivity contribution >= 4 is 32.0 Å². The monoisotopic (exact) mass is 528 g/mol. The maximum absolute atomic E-state index is 13.2. The zero-order valence-electron chi connectivity index (χ0n) is 17.9. The highest BCUT2D eigenvalue weighted by Crippen LogP contribution is 2.29. The van der Waals surface area contributed by atoms with Gasteiger partial charge in [-0.2, -0.15) is 8.42 Å². The highest BCUT2D eigenvalue weighted by atomic mass is 79.9. The highest BCUT2D eigenvalue weighted by molar-refractivity contribution is 9.10. The minimum atomic E-state index is -4.26. The Hall–Kier alpha value is -2.01. The zero-order chi connectivity index (χ0) is 23.5. The van der Waals surface area contributed by atoms with Crippen molar-refractivity contribution in [1.29, 1.82) is 0 Å². The van der Waals surface area contributed by atoms with Crippen LogP contribution in [0.25, 0.3) is 0 Å². The lowest BCUT2D eigenvalue weighted by molar-refractivity contribution is -0.139. The Bertz CT molecular complexity index is 1060. The van der Waals surface area contributed by atoms with Crippen LogP contribution in [0.5, 0.6) is 5.75 Å². The van der Waals surface area contributed by atoms with Gasteiger partial charge in [0.1, 0.15) is 17.3 Å². The van der Waals surface area contributed by atoms with Crippen molar-refractivity contribution in [3.63, 3.8) is 0 Å². The molecule has 1 aliphatic rings. The number of nitrogens with zero attached hydrogens (tertiary/aromatic N) is 2. The van der Waals surface area contributed by atoms with E-state index in [2.05, 4.69) is 20.8 Å². The SMILES string of the molecule is C[C@@H]1CN(Cc2ccc(F)cc2)[C@@H](C)CN1C(=O)COc1cccc(Br)c1CS(=O)(=O)O. The normalized spacial score (nSPS) is 19.7. The number of rotatable bonds is 7. The van der Waals surface area contributed by atoms with Gasteiger partial charge in [-0.05, 0) is 43.7 Å². The van der Waals surface area contributed by atoms with Gasteiger partial charge in [-0.25, -0.2) is 4.39 Å². The number of carbonyl (C=O) groups excluding carboxylic acids is 1. The molecule has 1 fully saturated rings. The average molecular weight is 529 g/mol. The molecule has 1 aliphatic heterocycles. The Labute approximate surface area is 196 Å². The van der Waals surface area contributed by atoms with Crippen molar-refractivity contribution in [3.05, 3.63) is 63.9 Å². The molecule has 1 N–H and O–H groups in total. The van der Waals surface area contributed by atoms with Gasteiger partial charge in [0.2, 0.25) is 0 Å². The lowest BCUT2D eigenvalue weighted by atomic mass is 10.1. The summed E-state index contributed by atoms with van der Waals surface area (Å²) in [6.45, 7) is 5.60. The average Bonchev–Trinajstić information content (AvgIpc) is 2.71. The summed E-state index contributed by atoms with van der Waals surface area (Å²) in [5.74, 6) is -0.867. The molecular formula is C22H26BrFN2O5S. The van der Waals surface area contributed by atoms with Crippen LogP contribution in [0.2, 0.25) is 0 Å². The first-order chi connectivity index (χ1) is 15.0. The molecule has 0 aliphatic carbocycles. The maximum atomic E-state index is 13.2. The van der Waals surface area contributed by atoms with Crippen molar-refractivity contribution in [3.8, 4) is 5.75 Å². The third-order valence-electron chi connectivity index (χ3n) is 5.49. The molecule has 32 heavy (non-hydrogen) atoms. The van der Waals surface area contributed by atoms with Crippen LogP contribution in [-0.2, 0) is 27.2 Å². The third-order valence-corrected chi connectivity index (χ3v) is 6.88. The topological polar surface area (TPSA) is 87.2 Å². The van der Waals surface area contributed by atoms with Crippen molar-refractivity contribution < 1.29 is 26.9 Å². The molecule has 0 spiro atoms. The summed E-state index contributed by atoms with van der Waals surface area (Å²) in [7, 11) is -4.26. The van der Waals surface area contributed by atoms with E-state index < -0.39 is 15.9 Å². The van der Waals surface area contributed by atoms with E-state index in [4.69, 9.17) is 4.74 Å². The predicted octanol–water partition coefficient (Wildman–Crippen LogP) is 3.48. The lowest BCUT2D eigenvalue weighted by Gasteiger charge is -2.44. The molecule has 1 amide bonds. The van der Waals surface area contributed by atoms with Gasteiger partial charge >= 0.3 is 0 Å². The van der Waals surface area contributed by atoms with Gasteiger partial charge in [0.05, 0.1) is 0 Å². The predicted molar refractivity (Wildman–Crippen MR) is 122 cm³/mol. The molecule has 2 aromatic carbocycles. The molecule has 2 aromatic rings. The molecule has 174 valence electrons. The van der Waals surface area contributed by atoms with Gasteiger partial charge in [0.15, 0.2) is 6.61 Å². The van der Waals surface area contributed by atoms with Crippen LogP contribution < -0.4 is 4.74 Å². The molecule has 10 heteroatoms. The number of carbonyl (C=O) groups is 1. The first-order valence-electron chi connectivity index (χ1n) is 10.2. The van der Waals surface area contributed by atoms with Gasteiger partial charge in [-0.1, -0.05) is 34.1 Å². The second-order valence-electron chi connectivity index (χ2n) is 8.03. The number of halogens is 2. The van der Waals surface area contributed by atoms with Gasteiger partial charge in [-0.3, -0.25) is 14.2 Å². The number of ether oxygens (including phenoxy) is 1. The fourth-order valence-corrected chi connectivity index (χ4v) is 5.15. The van der Waals surface area contributed by atoms with E-state index >= 15 is 0 Å². The van der Waals surface area contributed by atoms with E-state index in [1.165, 1.54) is 12.1 Å². The summed E-state index contributed by atoms with van der Waals surface area (Å²) in [5.41, 5.74) is 1.27. The molecule has 3 rings (SSSR count). The van der Waals surface area contributed by atoms with Crippen molar-refractivity contribution in [2.24, 2.45) is 0 Å². The Balaban J connectivity index is 1.62. The standard InChI is InChI=1S/C22H26BrFN2O5S/c1-15-11-26(16(2)10-25(15)12-17-6-8-18(24)9-7-17)22(27)13-31-21-5-3-4-20(23)19(21)14-32(28,29)30/h3-9,15-16H,10-14H2,1-2H3,(H,28,29,30)/t15-,16+/m0/s1. The number of benzene rings is 2. The maximum Gasteiger partial charge on any atom is 0.269 e. The fraction of sp³-hybridized carbons (Fsp3) is 0.409. The van der Waals surface area contributed by atoms with E-state index in [1.54, 1.807) is 35.2 Å². The lowest BCUT2D eigenvalue weighted by Crippen LogP contribution is -2.58. The summed E-state index contributed by atoms with van der Waals surface area (Å²) in [5, 5.41) is 0. The number of hydrogen-bond donors (Lipinski definition) is 1. The Kier molecular flexibility index (Phi) is 7.92. The van der Waals surface area contributed by atoms with Crippen molar-refractivity contribution in [2.75, 3.05) is 19.7 Å². The Morgan fingerprint density at radius 1 is 1.16 bits per heavy atom. The van der Waals surface area contributed by atoms with Crippen LogP contribution in [0.4, 0.5) is 4.39 Å². The molecule has 0 bridgehead atoms. The van der Waals surface area contributed by atoms with Gasteiger partial charge in [-0.15, -0.1) is 0 Å². The molecule has 1 saturated heterocycles. The van der Waals surface area contributed by atoms with Crippen molar-refractivity contribution in [2.45, 2.75) is 38.2 Å². The van der Waals surface area contributed by atoms with E-state index in [-0.39, 0.29) is 41.7 Å².